The number of carbonyl (C=O) groups excluding carboxylic acids is 1. The van der Waals surface area contributed by atoms with Gasteiger partial charge in [0.15, 0.2) is 0 Å². The number of rotatable bonds is 4. The van der Waals surface area contributed by atoms with Crippen LogP contribution in [-0.2, 0) is 10.9 Å². The van der Waals surface area contributed by atoms with Crippen molar-refractivity contribution in [3.63, 3.8) is 0 Å². The molecule has 0 saturated carbocycles. The van der Waals surface area contributed by atoms with Crippen LogP contribution in [0.15, 0.2) is 36.7 Å². The van der Waals surface area contributed by atoms with Crippen molar-refractivity contribution in [1.29, 1.82) is 0 Å². The van der Waals surface area contributed by atoms with Gasteiger partial charge in [-0.25, -0.2) is 9.97 Å². The van der Waals surface area contributed by atoms with Gasteiger partial charge in [0.25, 0.3) is 5.91 Å². The topological polar surface area (TPSA) is 70.6 Å². The largest absolute Gasteiger partial charge is 0.417 e. The minimum Gasteiger partial charge on any atom is -0.372 e. The van der Waals surface area contributed by atoms with Crippen LogP contribution in [0.4, 0.5) is 24.8 Å². The van der Waals surface area contributed by atoms with E-state index < -0.39 is 11.7 Å². The second-order valence-corrected chi connectivity index (χ2v) is 8.70. The Labute approximate surface area is 191 Å². The average Bonchev–Trinajstić information content (AvgIpc) is 2.78. The molecule has 2 saturated heterocycles. The molecule has 2 aromatic heterocycles. The number of amides is 1. The van der Waals surface area contributed by atoms with Crippen molar-refractivity contribution < 1.29 is 22.7 Å². The lowest BCUT2D eigenvalue weighted by atomic mass is 10.0. The lowest BCUT2D eigenvalue weighted by Crippen LogP contribution is -2.46. The predicted molar refractivity (Wildman–Crippen MR) is 118 cm³/mol. The number of piperidine rings is 1. The van der Waals surface area contributed by atoms with Crippen LogP contribution < -0.4 is 15.1 Å². The zero-order valence-corrected chi connectivity index (χ0v) is 18.7. The van der Waals surface area contributed by atoms with E-state index in [1.165, 1.54) is 6.07 Å². The van der Waals surface area contributed by atoms with Crippen LogP contribution in [0, 0.1) is 0 Å². The fraction of sp³-hybridized carbons (Fsp3) is 0.522. The maximum atomic E-state index is 12.7. The molecular weight excluding hydrogens is 435 g/mol. The van der Waals surface area contributed by atoms with Crippen molar-refractivity contribution in [1.82, 2.24) is 15.3 Å². The number of nitrogens with one attached hydrogen (secondary N) is 1. The highest BCUT2D eigenvalue weighted by molar-refractivity contribution is 5.94. The summed E-state index contributed by atoms with van der Waals surface area (Å²) in [5, 5.41) is 3.04. The Morgan fingerprint density at radius 2 is 1.58 bits per heavy atom. The Bertz CT molecular complexity index is 934. The first-order valence-corrected chi connectivity index (χ1v) is 11.1. The molecule has 33 heavy (non-hydrogen) atoms. The molecule has 4 heterocycles. The van der Waals surface area contributed by atoms with Crippen molar-refractivity contribution in [2.75, 3.05) is 36.0 Å². The number of anilines is 2. The average molecular weight is 464 g/mol. The fourth-order valence-electron chi connectivity index (χ4n) is 4.33. The second-order valence-electron chi connectivity index (χ2n) is 8.70. The van der Waals surface area contributed by atoms with Crippen LogP contribution in [0.2, 0.25) is 0 Å². The third-order valence-electron chi connectivity index (χ3n) is 5.98. The van der Waals surface area contributed by atoms with E-state index in [1.54, 1.807) is 12.3 Å². The van der Waals surface area contributed by atoms with Gasteiger partial charge in [-0.1, -0.05) is 0 Å². The monoisotopic (exact) mass is 463 g/mol. The summed E-state index contributed by atoms with van der Waals surface area (Å²) in [7, 11) is 0. The molecule has 2 aliphatic rings. The molecule has 0 spiro atoms. The zero-order chi connectivity index (χ0) is 23.6. The van der Waals surface area contributed by atoms with Gasteiger partial charge in [0.1, 0.15) is 11.6 Å². The number of hydrogen-bond donors (Lipinski definition) is 1. The summed E-state index contributed by atoms with van der Waals surface area (Å²) in [6.07, 6.45) is -0.319. The number of pyridine rings is 2. The van der Waals surface area contributed by atoms with E-state index in [0.29, 0.717) is 37.3 Å². The first-order valence-electron chi connectivity index (χ1n) is 11.1. The molecule has 2 atom stereocenters. The van der Waals surface area contributed by atoms with E-state index in [2.05, 4.69) is 20.2 Å². The summed E-state index contributed by atoms with van der Waals surface area (Å²) < 4.78 is 43.9. The summed E-state index contributed by atoms with van der Waals surface area (Å²) in [5.41, 5.74) is -0.259. The van der Waals surface area contributed by atoms with Crippen molar-refractivity contribution in [3.05, 3.63) is 47.8 Å². The Morgan fingerprint density at radius 1 is 0.970 bits per heavy atom. The number of alkyl halides is 3. The number of nitrogens with zero attached hydrogens (tertiary/aromatic N) is 4. The summed E-state index contributed by atoms with van der Waals surface area (Å²) in [4.78, 5) is 25.2. The number of hydrogen-bond acceptors (Lipinski definition) is 6. The Balaban J connectivity index is 1.28. The molecule has 0 bridgehead atoms. The van der Waals surface area contributed by atoms with Crippen molar-refractivity contribution in [2.45, 2.75) is 51.1 Å². The first-order chi connectivity index (χ1) is 15.7. The van der Waals surface area contributed by atoms with Crippen LogP contribution in [-0.4, -0.2) is 60.3 Å². The highest BCUT2D eigenvalue weighted by Gasteiger charge is 2.31. The third kappa shape index (κ3) is 5.73. The van der Waals surface area contributed by atoms with Crippen molar-refractivity contribution >= 4 is 17.5 Å². The van der Waals surface area contributed by atoms with Gasteiger partial charge in [0.2, 0.25) is 0 Å². The molecule has 0 aromatic carbocycles. The standard InChI is InChI=1S/C23H28F3N5O2/c1-15-13-31(14-16(2)33-15)21-5-3-17(11-27-21)22(32)29-19-7-9-30(10-8-19)20-6-4-18(12-28-20)23(24,25)26/h3-6,11-12,15-16,19H,7-10,13-14H2,1-2H3,(H,29,32). The smallest absolute Gasteiger partial charge is 0.372 e. The van der Waals surface area contributed by atoms with Crippen LogP contribution in [0.5, 0.6) is 0 Å². The van der Waals surface area contributed by atoms with Crippen LogP contribution in [0.1, 0.15) is 42.6 Å². The van der Waals surface area contributed by atoms with E-state index in [-0.39, 0.29) is 24.2 Å². The van der Waals surface area contributed by atoms with Gasteiger partial charge in [0.05, 0.1) is 23.3 Å². The second kappa shape index (κ2) is 9.54. The highest BCUT2D eigenvalue weighted by Crippen LogP contribution is 2.30. The minimum absolute atomic E-state index is 0.0104. The van der Waals surface area contributed by atoms with Gasteiger partial charge in [-0.15, -0.1) is 0 Å². The molecule has 2 aromatic rings. The molecule has 0 radical (unpaired) electrons. The minimum atomic E-state index is -4.39. The number of halogens is 3. The third-order valence-corrected chi connectivity index (χ3v) is 5.98. The summed E-state index contributed by atoms with van der Waals surface area (Å²) >= 11 is 0. The SMILES string of the molecule is CC1CN(c2ccc(C(=O)NC3CCN(c4ccc(C(F)(F)F)cn4)CC3)cn2)CC(C)O1. The first kappa shape index (κ1) is 23.3. The highest BCUT2D eigenvalue weighted by atomic mass is 19.4. The molecule has 4 rings (SSSR count). The van der Waals surface area contributed by atoms with Crippen molar-refractivity contribution in [2.24, 2.45) is 0 Å². The van der Waals surface area contributed by atoms with Gasteiger partial charge in [0, 0.05) is 44.6 Å². The lowest BCUT2D eigenvalue weighted by molar-refractivity contribution is -0.137. The molecule has 1 N–H and O–H groups in total. The number of carbonyl (C=O) groups is 1. The summed E-state index contributed by atoms with van der Waals surface area (Å²) in [6.45, 7) is 6.79. The van der Waals surface area contributed by atoms with Crippen LogP contribution in [0.25, 0.3) is 0 Å². The molecule has 0 aliphatic carbocycles. The Morgan fingerprint density at radius 3 is 2.12 bits per heavy atom. The maximum Gasteiger partial charge on any atom is 0.417 e. The number of ether oxygens (including phenoxy) is 1. The molecule has 178 valence electrons. The molecular formula is C23H28F3N5O2. The molecule has 1 amide bonds. The van der Waals surface area contributed by atoms with Gasteiger partial charge in [-0.3, -0.25) is 4.79 Å². The van der Waals surface area contributed by atoms with Crippen molar-refractivity contribution in [3.8, 4) is 0 Å². The van der Waals surface area contributed by atoms with E-state index in [9.17, 15) is 18.0 Å². The number of aromatic nitrogens is 2. The fourth-order valence-corrected chi connectivity index (χ4v) is 4.33. The van der Waals surface area contributed by atoms with E-state index in [4.69, 9.17) is 4.74 Å². The quantitative estimate of drug-likeness (QED) is 0.749. The van der Waals surface area contributed by atoms with Gasteiger partial charge in [-0.05, 0) is 51.0 Å². The zero-order valence-electron chi connectivity index (χ0n) is 18.7. The van der Waals surface area contributed by atoms with Crippen LogP contribution in [0.3, 0.4) is 0 Å². The van der Waals surface area contributed by atoms with Gasteiger partial charge < -0.3 is 19.9 Å². The predicted octanol–water partition coefficient (Wildman–Crippen LogP) is 3.51. The normalized spacial score (nSPS) is 22.3. The molecule has 10 heteroatoms. The Kier molecular flexibility index (Phi) is 6.73. The summed E-state index contributed by atoms with van der Waals surface area (Å²) in [5.74, 6) is 1.16. The Hall–Kier alpha value is -2.88. The van der Waals surface area contributed by atoms with Gasteiger partial charge in [-0.2, -0.15) is 13.2 Å². The van der Waals surface area contributed by atoms with E-state index in [0.717, 1.165) is 31.2 Å². The molecule has 2 fully saturated rings. The van der Waals surface area contributed by atoms with Crippen LogP contribution >= 0.6 is 0 Å². The maximum absolute atomic E-state index is 12.7. The number of morpholine rings is 1. The molecule has 2 aliphatic heterocycles. The molecule has 7 nitrogen and oxygen atoms in total. The van der Waals surface area contributed by atoms with Gasteiger partial charge >= 0.3 is 6.18 Å². The lowest BCUT2D eigenvalue weighted by Gasteiger charge is -2.36. The summed E-state index contributed by atoms with van der Waals surface area (Å²) in [6, 6.07) is 6.07. The molecule has 2 unspecified atom stereocenters. The van der Waals surface area contributed by atoms with E-state index in [1.807, 2.05) is 24.8 Å². The van der Waals surface area contributed by atoms with E-state index >= 15 is 0 Å².